The van der Waals surface area contributed by atoms with Gasteiger partial charge in [0.05, 0.1) is 0 Å². The second-order valence-corrected chi connectivity index (χ2v) is 4.76. The predicted octanol–water partition coefficient (Wildman–Crippen LogP) is 2.97. The van der Waals surface area contributed by atoms with Gasteiger partial charge in [0.25, 0.3) is 0 Å². The largest absolute Gasteiger partial charge is 0.356 e. The van der Waals surface area contributed by atoms with E-state index < -0.39 is 0 Å². The van der Waals surface area contributed by atoms with Crippen molar-refractivity contribution in [3.05, 3.63) is 23.9 Å². The molecule has 0 aliphatic rings. The number of anilines is 1. The van der Waals surface area contributed by atoms with Crippen LogP contribution in [0.5, 0.6) is 0 Å². The molecule has 0 fully saturated rings. The molecule has 1 aromatic heterocycles. The van der Waals surface area contributed by atoms with E-state index in [1.807, 2.05) is 19.2 Å². The Bertz CT molecular complexity index is 336. The zero-order valence-electron chi connectivity index (χ0n) is 11.5. The third-order valence-corrected chi connectivity index (χ3v) is 3.22. The first kappa shape index (κ1) is 14.0. The van der Waals surface area contributed by atoms with Crippen LogP contribution in [-0.4, -0.2) is 18.1 Å². The second-order valence-electron chi connectivity index (χ2n) is 4.76. The van der Waals surface area contributed by atoms with E-state index in [4.69, 9.17) is 5.73 Å². The van der Waals surface area contributed by atoms with Crippen LogP contribution in [0.2, 0.25) is 0 Å². The van der Waals surface area contributed by atoms with Gasteiger partial charge in [-0.05, 0) is 25.8 Å². The van der Waals surface area contributed by atoms with E-state index in [9.17, 15) is 0 Å². The Morgan fingerprint density at radius 2 is 2.06 bits per heavy atom. The summed E-state index contributed by atoms with van der Waals surface area (Å²) in [7, 11) is 0. The van der Waals surface area contributed by atoms with Crippen molar-refractivity contribution in [2.24, 2.45) is 11.7 Å². The fourth-order valence-electron chi connectivity index (χ4n) is 1.90. The average molecular weight is 235 g/mol. The number of aromatic nitrogens is 1. The van der Waals surface area contributed by atoms with E-state index in [0.717, 1.165) is 24.5 Å². The van der Waals surface area contributed by atoms with Gasteiger partial charge in [-0.3, -0.25) is 0 Å². The van der Waals surface area contributed by atoms with Crippen LogP contribution >= 0.6 is 0 Å². The molecule has 0 saturated carbocycles. The first-order chi connectivity index (χ1) is 8.10. The van der Waals surface area contributed by atoms with Crippen LogP contribution in [0.3, 0.4) is 0 Å². The lowest BCUT2D eigenvalue weighted by molar-refractivity contribution is 0.543. The van der Waals surface area contributed by atoms with E-state index in [1.54, 1.807) is 0 Å². The summed E-state index contributed by atoms with van der Waals surface area (Å²) in [5, 5.41) is 0. The zero-order valence-corrected chi connectivity index (χ0v) is 11.5. The lowest BCUT2D eigenvalue weighted by atomic mass is 10.1. The maximum absolute atomic E-state index is 6.00. The monoisotopic (exact) mass is 235 g/mol. The van der Waals surface area contributed by atoms with Gasteiger partial charge in [0.2, 0.25) is 0 Å². The highest BCUT2D eigenvalue weighted by Gasteiger charge is 2.15. The maximum Gasteiger partial charge on any atom is 0.133 e. The molecule has 1 aromatic rings. The van der Waals surface area contributed by atoms with Crippen molar-refractivity contribution in [3.63, 3.8) is 0 Å². The van der Waals surface area contributed by atoms with Crippen molar-refractivity contribution in [1.29, 1.82) is 0 Å². The number of nitrogens with zero attached hydrogens (tertiary/aromatic N) is 2. The minimum absolute atomic E-state index is 0.0321. The summed E-state index contributed by atoms with van der Waals surface area (Å²) < 4.78 is 0. The molecule has 0 saturated heterocycles. The highest BCUT2D eigenvalue weighted by molar-refractivity contribution is 5.48. The van der Waals surface area contributed by atoms with Crippen LogP contribution in [0.25, 0.3) is 0 Å². The van der Waals surface area contributed by atoms with Gasteiger partial charge < -0.3 is 10.6 Å². The molecule has 0 spiro atoms. The Morgan fingerprint density at radius 1 is 1.35 bits per heavy atom. The molecule has 3 nitrogen and oxygen atoms in total. The lowest BCUT2D eigenvalue weighted by Gasteiger charge is -2.27. The summed E-state index contributed by atoms with van der Waals surface area (Å²) in [6.45, 7) is 10.7. The van der Waals surface area contributed by atoms with Crippen LogP contribution in [0.1, 0.15) is 45.7 Å². The molecule has 1 rings (SSSR count). The van der Waals surface area contributed by atoms with Crippen LogP contribution in [-0.2, 0) is 0 Å². The number of nitrogens with two attached hydrogens (primary N) is 1. The highest BCUT2D eigenvalue weighted by atomic mass is 15.2. The smallest absolute Gasteiger partial charge is 0.133 e. The standard InChI is InChI=1S/C14H25N3/c1-5-11(3)10-17(6-2)14-13(12(4)15)8-7-9-16-14/h7-9,11-12H,5-6,10,15H2,1-4H3/t11?,12-/m0/s1. The fourth-order valence-corrected chi connectivity index (χ4v) is 1.90. The molecule has 0 aliphatic heterocycles. The van der Waals surface area contributed by atoms with Gasteiger partial charge in [0.15, 0.2) is 0 Å². The number of pyridine rings is 1. The molecule has 0 bridgehead atoms. The van der Waals surface area contributed by atoms with Gasteiger partial charge in [-0.15, -0.1) is 0 Å². The van der Waals surface area contributed by atoms with E-state index in [-0.39, 0.29) is 6.04 Å². The molecule has 3 heteroatoms. The van der Waals surface area contributed by atoms with Gasteiger partial charge in [-0.1, -0.05) is 26.3 Å². The second kappa shape index (κ2) is 6.60. The normalized spacial score (nSPS) is 14.4. The first-order valence-corrected chi connectivity index (χ1v) is 6.55. The Labute approximate surface area is 105 Å². The molecule has 0 radical (unpaired) electrons. The summed E-state index contributed by atoms with van der Waals surface area (Å²) in [6, 6.07) is 4.07. The molecule has 2 N–H and O–H groups in total. The van der Waals surface area contributed by atoms with Crippen LogP contribution in [0, 0.1) is 5.92 Å². The van der Waals surface area contributed by atoms with Gasteiger partial charge in [-0.2, -0.15) is 0 Å². The molecular formula is C14H25N3. The highest BCUT2D eigenvalue weighted by Crippen LogP contribution is 2.23. The summed E-state index contributed by atoms with van der Waals surface area (Å²) >= 11 is 0. The molecule has 96 valence electrons. The molecule has 2 atom stereocenters. The molecule has 1 unspecified atom stereocenters. The average Bonchev–Trinajstić information content (AvgIpc) is 2.35. The minimum Gasteiger partial charge on any atom is -0.356 e. The van der Waals surface area contributed by atoms with Crippen molar-refractivity contribution in [1.82, 2.24) is 4.98 Å². The SMILES string of the molecule is CCC(C)CN(CC)c1ncccc1[C@H](C)N. The fraction of sp³-hybridized carbons (Fsp3) is 0.643. The zero-order chi connectivity index (χ0) is 12.8. The Hall–Kier alpha value is -1.09. The Morgan fingerprint density at radius 3 is 2.59 bits per heavy atom. The predicted molar refractivity (Wildman–Crippen MR) is 74.2 cm³/mol. The number of hydrogen-bond donors (Lipinski definition) is 1. The van der Waals surface area contributed by atoms with E-state index in [2.05, 4.69) is 36.7 Å². The lowest BCUT2D eigenvalue weighted by Crippen LogP contribution is -2.30. The molecule has 0 aliphatic carbocycles. The minimum atomic E-state index is 0.0321. The number of hydrogen-bond acceptors (Lipinski definition) is 3. The third-order valence-electron chi connectivity index (χ3n) is 3.22. The van der Waals surface area contributed by atoms with Gasteiger partial charge in [0, 0.05) is 30.9 Å². The molecule has 1 heterocycles. The summed E-state index contributed by atoms with van der Waals surface area (Å²) in [5.74, 6) is 1.73. The van der Waals surface area contributed by atoms with Crippen molar-refractivity contribution >= 4 is 5.82 Å². The van der Waals surface area contributed by atoms with E-state index in [1.165, 1.54) is 6.42 Å². The van der Waals surface area contributed by atoms with Crippen molar-refractivity contribution in [2.75, 3.05) is 18.0 Å². The topological polar surface area (TPSA) is 42.2 Å². The van der Waals surface area contributed by atoms with Crippen molar-refractivity contribution < 1.29 is 0 Å². The van der Waals surface area contributed by atoms with E-state index >= 15 is 0 Å². The van der Waals surface area contributed by atoms with Gasteiger partial charge >= 0.3 is 0 Å². The van der Waals surface area contributed by atoms with Crippen LogP contribution < -0.4 is 10.6 Å². The van der Waals surface area contributed by atoms with Crippen molar-refractivity contribution in [2.45, 2.75) is 40.2 Å². The van der Waals surface area contributed by atoms with Gasteiger partial charge in [-0.25, -0.2) is 4.98 Å². The maximum atomic E-state index is 6.00. The van der Waals surface area contributed by atoms with Gasteiger partial charge in [0.1, 0.15) is 5.82 Å². The van der Waals surface area contributed by atoms with Crippen LogP contribution in [0.15, 0.2) is 18.3 Å². The summed E-state index contributed by atoms with van der Waals surface area (Å²) in [5.41, 5.74) is 7.14. The molecule has 17 heavy (non-hydrogen) atoms. The van der Waals surface area contributed by atoms with E-state index in [0.29, 0.717) is 5.92 Å². The Balaban J connectivity index is 2.94. The summed E-state index contributed by atoms with van der Waals surface area (Å²) in [4.78, 5) is 6.83. The quantitative estimate of drug-likeness (QED) is 0.824. The number of rotatable bonds is 6. The molecule has 0 amide bonds. The van der Waals surface area contributed by atoms with Crippen molar-refractivity contribution in [3.8, 4) is 0 Å². The van der Waals surface area contributed by atoms with Crippen LogP contribution in [0.4, 0.5) is 5.82 Å². The molecular weight excluding hydrogens is 210 g/mol. The third kappa shape index (κ3) is 3.70. The Kier molecular flexibility index (Phi) is 5.42. The first-order valence-electron chi connectivity index (χ1n) is 6.55. The molecule has 0 aromatic carbocycles. The summed E-state index contributed by atoms with van der Waals surface area (Å²) in [6.07, 6.45) is 3.04.